The molecule has 1 heterocycles. The quantitative estimate of drug-likeness (QED) is 0.672. The number of aryl methyl sites for hydroxylation is 1. The molecule has 0 aliphatic heterocycles. The van der Waals surface area contributed by atoms with Crippen molar-refractivity contribution in [2.24, 2.45) is 0 Å². The number of carbonyl (C=O) groups is 2. The summed E-state index contributed by atoms with van der Waals surface area (Å²) in [6.45, 7) is 3.08. The molecule has 0 radical (unpaired) electrons. The molecule has 0 saturated heterocycles. The second kappa shape index (κ2) is 5.27. The van der Waals surface area contributed by atoms with Gasteiger partial charge < -0.3 is 5.32 Å². The number of hydrogen-bond donors (Lipinski definition) is 1. The molecular formula is C10H10Cl2N2O2. The number of anilines is 1. The molecule has 0 unspecified atom stereocenters. The first-order valence-corrected chi connectivity index (χ1v) is 5.27. The normalized spacial score (nSPS) is 10.0. The third-order valence-electron chi connectivity index (χ3n) is 1.82. The SMILES string of the molecule is CC(=O)CC(=O)Nc1c(C)cc(Cl)nc1Cl. The van der Waals surface area contributed by atoms with E-state index in [2.05, 4.69) is 10.3 Å². The van der Waals surface area contributed by atoms with E-state index in [4.69, 9.17) is 23.2 Å². The van der Waals surface area contributed by atoms with Crippen molar-refractivity contribution in [3.05, 3.63) is 21.9 Å². The van der Waals surface area contributed by atoms with Gasteiger partial charge in [-0.15, -0.1) is 0 Å². The molecule has 1 aromatic rings. The van der Waals surface area contributed by atoms with Gasteiger partial charge in [0.25, 0.3) is 0 Å². The summed E-state index contributed by atoms with van der Waals surface area (Å²) in [4.78, 5) is 25.9. The molecule has 0 aliphatic carbocycles. The van der Waals surface area contributed by atoms with Crippen LogP contribution in [-0.4, -0.2) is 16.7 Å². The number of Topliss-reactive ketones (excluding diaryl/α,β-unsaturated/α-hetero) is 1. The van der Waals surface area contributed by atoms with Crippen LogP contribution in [0.3, 0.4) is 0 Å². The zero-order chi connectivity index (χ0) is 12.3. The molecule has 1 rings (SSSR count). The lowest BCUT2D eigenvalue weighted by molar-refractivity contribution is -0.124. The monoisotopic (exact) mass is 260 g/mol. The average molecular weight is 261 g/mol. The molecule has 6 heteroatoms. The van der Waals surface area contributed by atoms with Gasteiger partial charge in [-0.25, -0.2) is 4.98 Å². The first kappa shape index (κ1) is 12.9. The molecule has 0 spiro atoms. The van der Waals surface area contributed by atoms with Gasteiger partial charge in [-0.3, -0.25) is 9.59 Å². The number of carbonyl (C=O) groups excluding carboxylic acids is 2. The Balaban J connectivity index is 2.89. The highest BCUT2D eigenvalue weighted by atomic mass is 35.5. The number of nitrogens with one attached hydrogen (secondary N) is 1. The van der Waals surface area contributed by atoms with Gasteiger partial charge in [-0.2, -0.15) is 0 Å². The minimum Gasteiger partial charge on any atom is -0.323 e. The number of pyridine rings is 1. The lowest BCUT2D eigenvalue weighted by Gasteiger charge is -2.09. The van der Waals surface area contributed by atoms with Gasteiger partial charge in [0.05, 0.1) is 12.1 Å². The van der Waals surface area contributed by atoms with E-state index in [1.807, 2.05) is 0 Å². The zero-order valence-corrected chi connectivity index (χ0v) is 10.3. The molecule has 1 amide bonds. The first-order valence-electron chi connectivity index (χ1n) is 4.52. The van der Waals surface area contributed by atoms with Crippen LogP contribution in [0.1, 0.15) is 18.9 Å². The van der Waals surface area contributed by atoms with Crippen molar-refractivity contribution < 1.29 is 9.59 Å². The van der Waals surface area contributed by atoms with E-state index in [1.54, 1.807) is 13.0 Å². The Morgan fingerprint density at radius 2 is 2.06 bits per heavy atom. The highest BCUT2D eigenvalue weighted by Gasteiger charge is 2.12. The number of nitrogens with zero attached hydrogens (tertiary/aromatic N) is 1. The number of amides is 1. The number of hydrogen-bond acceptors (Lipinski definition) is 3. The summed E-state index contributed by atoms with van der Waals surface area (Å²) >= 11 is 11.5. The fraction of sp³-hybridized carbons (Fsp3) is 0.300. The van der Waals surface area contributed by atoms with Crippen molar-refractivity contribution in [3.63, 3.8) is 0 Å². The third kappa shape index (κ3) is 3.47. The van der Waals surface area contributed by atoms with Gasteiger partial charge in [-0.05, 0) is 25.5 Å². The van der Waals surface area contributed by atoms with E-state index in [0.29, 0.717) is 11.3 Å². The molecule has 0 saturated carbocycles. The van der Waals surface area contributed by atoms with Gasteiger partial charge in [0.1, 0.15) is 10.9 Å². The zero-order valence-electron chi connectivity index (χ0n) is 8.80. The fourth-order valence-corrected chi connectivity index (χ4v) is 1.73. The maximum atomic E-state index is 11.4. The Kier molecular flexibility index (Phi) is 4.26. The summed E-state index contributed by atoms with van der Waals surface area (Å²) in [6, 6.07) is 1.58. The molecule has 1 N–H and O–H groups in total. The minimum atomic E-state index is -0.415. The molecule has 0 bridgehead atoms. The van der Waals surface area contributed by atoms with Crippen LogP contribution < -0.4 is 5.32 Å². The van der Waals surface area contributed by atoms with Crippen molar-refractivity contribution >= 4 is 40.6 Å². The number of aromatic nitrogens is 1. The van der Waals surface area contributed by atoms with E-state index in [-0.39, 0.29) is 22.5 Å². The topological polar surface area (TPSA) is 59.1 Å². The highest BCUT2D eigenvalue weighted by Crippen LogP contribution is 2.26. The summed E-state index contributed by atoms with van der Waals surface area (Å²) in [5.41, 5.74) is 1.08. The Labute approximate surface area is 103 Å². The molecule has 0 fully saturated rings. The summed E-state index contributed by atoms with van der Waals surface area (Å²) in [6.07, 6.45) is -0.182. The van der Waals surface area contributed by atoms with E-state index in [9.17, 15) is 9.59 Å². The predicted molar refractivity (Wildman–Crippen MR) is 62.9 cm³/mol. The summed E-state index contributed by atoms with van der Waals surface area (Å²) in [7, 11) is 0. The summed E-state index contributed by atoms with van der Waals surface area (Å²) in [5, 5.41) is 2.89. The average Bonchev–Trinajstić information content (AvgIpc) is 2.09. The molecule has 0 atom stereocenters. The van der Waals surface area contributed by atoms with Crippen molar-refractivity contribution in [3.8, 4) is 0 Å². The van der Waals surface area contributed by atoms with Crippen molar-refractivity contribution in [1.82, 2.24) is 4.98 Å². The fourth-order valence-electron chi connectivity index (χ4n) is 1.16. The van der Waals surface area contributed by atoms with E-state index in [0.717, 1.165) is 0 Å². The number of ketones is 1. The number of rotatable bonds is 3. The van der Waals surface area contributed by atoms with Crippen molar-refractivity contribution in [1.29, 1.82) is 0 Å². The Morgan fingerprint density at radius 3 is 2.56 bits per heavy atom. The van der Waals surface area contributed by atoms with Crippen LogP contribution in [0.2, 0.25) is 10.3 Å². The van der Waals surface area contributed by atoms with E-state index < -0.39 is 5.91 Å². The molecular weight excluding hydrogens is 251 g/mol. The smallest absolute Gasteiger partial charge is 0.231 e. The van der Waals surface area contributed by atoms with Gasteiger partial charge in [-0.1, -0.05) is 23.2 Å². The van der Waals surface area contributed by atoms with Crippen LogP contribution in [-0.2, 0) is 9.59 Å². The van der Waals surface area contributed by atoms with Crippen LogP contribution in [0.15, 0.2) is 6.07 Å². The van der Waals surface area contributed by atoms with Gasteiger partial charge in [0.15, 0.2) is 5.15 Å². The van der Waals surface area contributed by atoms with Crippen molar-refractivity contribution in [2.45, 2.75) is 20.3 Å². The van der Waals surface area contributed by atoms with E-state index >= 15 is 0 Å². The van der Waals surface area contributed by atoms with Crippen LogP contribution in [0.4, 0.5) is 5.69 Å². The standard InChI is InChI=1S/C10H10Cl2N2O2/c1-5-3-7(11)13-10(12)9(5)14-8(16)4-6(2)15/h3H,4H2,1-2H3,(H,14,16). The van der Waals surface area contributed by atoms with Crippen LogP contribution in [0, 0.1) is 6.92 Å². The maximum Gasteiger partial charge on any atom is 0.231 e. The summed E-state index contributed by atoms with van der Waals surface area (Å²) in [5.74, 6) is -0.630. The van der Waals surface area contributed by atoms with Gasteiger partial charge >= 0.3 is 0 Å². The predicted octanol–water partition coefficient (Wildman–Crippen LogP) is 2.61. The lowest BCUT2D eigenvalue weighted by Crippen LogP contribution is -2.16. The molecule has 86 valence electrons. The summed E-state index contributed by atoms with van der Waals surface area (Å²) < 4.78 is 0. The van der Waals surface area contributed by atoms with Crippen LogP contribution in [0.25, 0.3) is 0 Å². The Morgan fingerprint density at radius 1 is 1.44 bits per heavy atom. The highest BCUT2D eigenvalue weighted by molar-refractivity contribution is 6.34. The molecule has 4 nitrogen and oxygen atoms in total. The molecule has 0 aliphatic rings. The van der Waals surface area contributed by atoms with E-state index in [1.165, 1.54) is 6.92 Å². The maximum absolute atomic E-state index is 11.4. The number of halogens is 2. The Bertz CT molecular complexity index is 423. The van der Waals surface area contributed by atoms with Gasteiger partial charge in [0.2, 0.25) is 5.91 Å². The molecule has 1 aromatic heterocycles. The van der Waals surface area contributed by atoms with Gasteiger partial charge in [0, 0.05) is 0 Å². The van der Waals surface area contributed by atoms with Crippen molar-refractivity contribution in [2.75, 3.05) is 5.32 Å². The van der Waals surface area contributed by atoms with Crippen LogP contribution >= 0.6 is 23.2 Å². The lowest BCUT2D eigenvalue weighted by atomic mass is 10.2. The van der Waals surface area contributed by atoms with Crippen LogP contribution in [0.5, 0.6) is 0 Å². The molecule has 0 aromatic carbocycles. The third-order valence-corrected chi connectivity index (χ3v) is 2.28. The molecule has 16 heavy (non-hydrogen) atoms. The second-order valence-electron chi connectivity index (χ2n) is 3.35. The minimum absolute atomic E-state index is 0.113. The Hall–Kier alpha value is -1.13. The first-order chi connectivity index (χ1) is 7.40. The second-order valence-corrected chi connectivity index (χ2v) is 4.10. The largest absolute Gasteiger partial charge is 0.323 e.